The van der Waals surface area contributed by atoms with E-state index in [-0.39, 0.29) is 0 Å². The van der Waals surface area contributed by atoms with Crippen LogP contribution in [-0.4, -0.2) is 42.0 Å². The number of nitrogens with zero attached hydrogens (tertiary/aromatic N) is 2. The molecule has 1 aromatic heterocycles. The van der Waals surface area contributed by atoms with Gasteiger partial charge in [0.2, 0.25) is 0 Å². The van der Waals surface area contributed by atoms with Gasteiger partial charge in [0.1, 0.15) is 5.76 Å². The lowest BCUT2D eigenvalue weighted by molar-refractivity contribution is 0.0631. The summed E-state index contributed by atoms with van der Waals surface area (Å²) in [4.78, 5) is 5.25. The van der Waals surface area contributed by atoms with E-state index in [0.717, 1.165) is 24.3 Å². The number of hydrogen-bond acceptors (Lipinski definition) is 3. The van der Waals surface area contributed by atoms with Crippen LogP contribution >= 0.6 is 0 Å². The van der Waals surface area contributed by atoms with E-state index < -0.39 is 0 Å². The highest BCUT2D eigenvalue weighted by atomic mass is 16.3. The minimum absolute atomic E-state index is 0.856. The van der Waals surface area contributed by atoms with E-state index in [1.807, 2.05) is 6.07 Å². The molecule has 2 atom stereocenters. The van der Waals surface area contributed by atoms with Gasteiger partial charge in [-0.25, -0.2) is 0 Å². The summed E-state index contributed by atoms with van der Waals surface area (Å²) < 4.78 is 5.44. The smallest absolute Gasteiger partial charge is 0.117 e. The predicted octanol–water partition coefficient (Wildman–Crippen LogP) is 2.98. The van der Waals surface area contributed by atoms with Crippen molar-refractivity contribution in [1.82, 2.24) is 9.80 Å². The Hall–Kier alpha value is -0.800. The molecule has 0 radical (unpaired) electrons. The Balaban J connectivity index is 1.46. The summed E-state index contributed by atoms with van der Waals surface area (Å²) in [7, 11) is 0. The van der Waals surface area contributed by atoms with Crippen molar-refractivity contribution < 1.29 is 4.42 Å². The van der Waals surface area contributed by atoms with Gasteiger partial charge >= 0.3 is 0 Å². The molecule has 0 N–H and O–H groups in total. The quantitative estimate of drug-likeness (QED) is 0.835. The van der Waals surface area contributed by atoms with Crippen molar-refractivity contribution in [1.29, 1.82) is 0 Å². The topological polar surface area (TPSA) is 19.6 Å². The molecule has 19 heavy (non-hydrogen) atoms. The van der Waals surface area contributed by atoms with Crippen molar-refractivity contribution in [2.75, 3.05) is 26.2 Å². The van der Waals surface area contributed by atoms with Crippen molar-refractivity contribution >= 4 is 0 Å². The number of furan rings is 1. The summed E-state index contributed by atoms with van der Waals surface area (Å²) in [6.45, 7) is 8.23. The van der Waals surface area contributed by atoms with Crippen molar-refractivity contribution in [2.24, 2.45) is 5.92 Å². The fraction of sp³-hybridized carbons (Fsp3) is 0.750. The molecule has 2 fully saturated rings. The van der Waals surface area contributed by atoms with Crippen LogP contribution in [0.2, 0.25) is 0 Å². The lowest BCUT2D eigenvalue weighted by Crippen LogP contribution is -2.50. The molecule has 106 valence electrons. The molecular weight excluding hydrogens is 236 g/mol. The van der Waals surface area contributed by atoms with Gasteiger partial charge in [-0.2, -0.15) is 0 Å². The van der Waals surface area contributed by atoms with E-state index in [2.05, 4.69) is 22.8 Å². The third-order valence-corrected chi connectivity index (χ3v) is 4.79. The van der Waals surface area contributed by atoms with Gasteiger partial charge in [-0.15, -0.1) is 0 Å². The molecule has 3 rings (SSSR count). The van der Waals surface area contributed by atoms with Gasteiger partial charge in [0.15, 0.2) is 0 Å². The first-order valence-corrected chi connectivity index (χ1v) is 7.80. The average Bonchev–Trinajstić information content (AvgIpc) is 2.92. The van der Waals surface area contributed by atoms with E-state index in [1.165, 1.54) is 51.9 Å². The van der Waals surface area contributed by atoms with Crippen LogP contribution in [0.4, 0.5) is 0 Å². The Morgan fingerprint density at radius 3 is 2.74 bits per heavy atom. The second kappa shape index (κ2) is 6.10. The molecule has 2 aliphatic rings. The molecule has 0 spiro atoms. The zero-order valence-corrected chi connectivity index (χ0v) is 12.1. The summed E-state index contributed by atoms with van der Waals surface area (Å²) in [6.07, 6.45) is 7.48. The summed E-state index contributed by atoms with van der Waals surface area (Å²) >= 11 is 0. The summed E-state index contributed by atoms with van der Waals surface area (Å²) in [5.74, 6) is 2.03. The maximum atomic E-state index is 5.44. The normalized spacial score (nSPS) is 30.6. The number of piperazine rings is 1. The predicted molar refractivity (Wildman–Crippen MR) is 77.0 cm³/mol. The van der Waals surface area contributed by atoms with Crippen LogP contribution in [-0.2, 0) is 6.54 Å². The van der Waals surface area contributed by atoms with Crippen LogP contribution in [0.5, 0.6) is 0 Å². The molecule has 1 aliphatic carbocycles. The summed E-state index contributed by atoms with van der Waals surface area (Å²) in [5.41, 5.74) is 0. The van der Waals surface area contributed by atoms with Crippen molar-refractivity contribution in [3.63, 3.8) is 0 Å². The van der Waals surface area contributed by atoms with E-state index >= 15 is 0 Å². The molecule has 1 aromatic rings. The fourth-order valence-corrected chi connectivity index (χ4v) is 3.64. The first-order chi connectivity index (χ1) is 9.31. The van der Waals surface area contributed by atoms with E-state index in [1.54, 1.807) is 6.26 Å². The Morgan fingerprint density at radius 1 is 1.21 bits per heavy atom. The standard InChI is InChI=1S/C16H26N2O/c1-14-4-2-5-15(12-14)18-9-7-17(8-10-18)13-16-6-3-11-19-16/h3,6,11,14-15H,2,4-5,7-10,12-13H2,1H3/t14-,15-/m1/s1. The average molecular weight is 262 g/mol. The molecule has 2 heterocycles. The molecule has 0 unspecified atom stereocenters. The number of rotatable bonds is 3. The van der Waals surface area contributed by atoms with Crippen LogP contribution in [0, 0.1) is 5.92 Å². The van der Waals surface area contributed by atoms with Crippen LogP contribution in [0.15, 0.2) is 22.8 Å². The van der Waals surface area contributed by atoms with Crippen LogP contribution in [0.25, 0.3) is 0 Å². The maximum absolute atomic E-state index is 5.44. The van der Waals surface area contributed by atoms with Gasteiger partial charge < -0.3 is 4.42 Å². The third-order valence-electron chi connectivity index (χ3n) is 4.79. The Morgan fingerprint density at radius 2 is 2.05 bits per heavy atom. The van der Waals surface area contributed by atoms with Crippen molar-refractivity contribution in [3.8, 4) is 0 Å². The summed E-state index contributed by atoms with van der Waals surface area (Å²) in [6, 6.07) is 4.92. The molecule has 3 heteroatoms. The lowest BCUT2D eigenvalue weighted by Gasteiger charge is -2.41. The molecule has 0 bridgehead atoms. The van der Waals surface area contributed by atoms with Crippen LogP contribution < -0.4 is 0 Å². The summed E-state index contributed by atoms with van der Waals surface area (Å²) in [5, 5.41) is 0. The second-order valence-corrected chi connectivity index (χ2v) is 6.32. The highest BCUT2D eigenvalue weighted by Gasteiger charge is 2.27. The Labute approximate surface area is 116 Å². The first-order valence-electron chi connectivity index (χ1n) is 7.80. The lowest BCUT2D eigenvalue weighted by atomic mass is 9.86. The third kappa shape index (κ3) is 3.40. The zero-order valence-electron chi connectivity index (χ0n) is 12.1. The van der Waals surface area contributed by atoms with Crippen molar-refractivity contribution in [3.05, 3.63) is 24.2 Å². The van der Waals surface area contributed by atoms with Crippen LogP contribution in [0.3, 0.4) is 0 Å². The van der Waals surface area contributed by atoms with E-state index in [4.69, 9.17) is 4.42 Å². The fourth-order valence-electron chi connectivity index (χ4n) is 3.64. The highest BCUT2D eigenvalue weighted by Crippen LogP contribution is 2.28. The molecule has 1 saturated heterocycles. The van der Waals surface area contributed by atoms with Gasteiger partial charge in [0, 0.05) is 32.2 Å². The highest BCUT2D eigenvalue weighted by molar-refractivity contribution is 4.98. The first kappa shape index (κ1) is 13.2. The SMILES string of the molecule is C[C@@H]1CCC[C@@H](N2CCN(Cc3ccco3)CC2)C1. The largest absolute Gasteiger partial charge is 0.468 e. The monoisotopic (exact) mass is 262 g/mol. The Kier molecular flexibility index (Phi) is 4.24. The van der Waals surface area contributed by atoms with E-state index in [9.17, 15) is 0 Å². The second-order valence-electron chi connectivity index (χ2n) is 6.32. The van der Waals surface area contributed by atoms with Crippen molar-refractivity contribution in [2.45, 2.75) is 45.2 Å². The molecule has 1 aliphatic heterocycles. The van der Waals surface area contributed by atoms with E-state index in [0.29, 0.717) is 0 Å². The van der Waals surface area contributed by atoms with Gasteiger partial charge in [0.25, 0.3) is 0 Å². The van der Waals surface area contributed by atoms with Gasteiger partial charge in [-0.1, -0.05) is 19.8 Å². The van der Waals surface area contributed by atoms with Crippen LogP contribution in [0.1, 0.15) is 38.4 Å². The molecule has 0 amide bonds. The minimum atomic E-state index is 0.856. The zero-order chi connectivity index (χ0) is 13.1. The maximum Gasteiger partial charge on any atom is 0.117 e. The Bertz CT molecular complexity index is 368. The van der Waals surface area contributed by atoms with Gasteiger partial charge in [0.05, 0.1) is 12.8 Å². The molecule has 0 aromatic carbocycles. The molecular formula is C16H26N2O. The molecule has 1 saturated carbocycles. The number of hydrogen-bond donors (Lipinski definition) is 0. The van der Waals surface area contributed by atoms with Gasteiger partial charge in [-0.3, -0.25) is 9.80 Å². The molecule has 3 nitrogen and oxygen atoms in total. The minimum Gasteiger partial charge on any atom is -0.468 e. The van der Waals surface area contributed by atoms with Gasteiger partial charge in [-0.05, 0) is 30.9 Å².